The molecule has 1 atom stereocenters. The molecule has 3 nitrogen and oxygen atoms in total. The topological polar surface area (TPSA) is 30.7 Å². The van der Waals surface area contributed by atoms with Gasteiger partial charge >= 0.3 is 0 Å². The van der Waals surface area contributed by atoms with Gasteiger partial charge < -0.3 is 4.57 Å². The van der Waals surface area contributed by atoms with Crippen molar-refractivity contribution >= 4 is 0 Å². The second kappa shape index (κ2) is 3.57. The van der Waals surface area contributed by atoms with Crippen molar-refractivity contribution < 1.29 is 0 Å². The van der Waals surface area contributed by atoms with Crippen LogP contribution in [0, 0.1) is 5.41 Å². The maximum Gasteiger partial charge on any atom is 0.136 e. The molecule has 0 amide bonds. The standard InChI is InChI=1S/C13H23N3/c1-12(2,3)16-9-14-15-11(16)10-7-6-8-13(10,4)5/h9-10H,6-8H2,1-5H3. The Hall–Kier alpha value is -0.860. The number of hydrogen-bond donors (Lipinski definition) is 0. The summed E-state index contributed by atoms with van der Waals surface area (Å²) in [6.45, 7) is 11.3. The average molecular weight is 221 g/mol. The summed E-state index contributed by atoms with van der Waals surface area (Å²) in [5.41, 5.74) is 0.452. The fourth-order valence-corrected chi connectivity index (χ4v) is 2.80. The van der Waals surface area contributed by atoms with Crippen LogP contribution in [-0.2, 0) is 5.54 Å². The SMILES string of the molecule is CC1(C)CCCC1c1nncn1C(C)(C)C. The predicted molar refractivity (Wildman–Crippen MR) is 65.4 cm³/mol. The van der Waals surface area contributed by atoms with Gasteiger partial charge in [0, 0.05) is 11.5 Å². The van der Waals surface area contributed by atoms with E-state index in [1.165, 1.54) is 25.1 Å². The Morgan fingerprint density at radius 2 is 2.06 bits per heavy atom. The van der Waals surface area contributed by atoms with E-state index in [1.807, 2.05) is 6.33 Å². The van der Waals surface area contributed by atoms with Gasteiger partial charge in [0.2, 0.25) is 0 Å². The molecule has 0 bridgehead atoms. The van der Waals surface area contributed by atoms with Crippen LogP contribution in [0.2, 0.25) is 0 Å². The summed E-state index contributed by atoms with van der Waals surface area (Å²) in [7, 11) is 0. The normalized spacial score (nSPS) is 24.9. The van der Waals surface area contributed by atoms with Crippen LogP contribution in [0.15, 0.2) is 6.33 Å². The number of nitrogens with zero attached hydrogens (tertiary/aromatic N) is 3. The molecule has 1 aromatic heterocycles. The fourth-order valence-electron chi connectivity index (χ4n) is 2.80. The maximum absolute atomic E-state index is 4.37. The molecule has 90 valence electrons. The van der Waals surface area contributed by atoms with Gasteiger partial charge in [-0.15, -0.1) is 10.2 Å². The van der Waals surface area contributed by atoms with Crippen molar-refractivity contribution in [2.24, 2.45) is 5.41 Å². The number of hydrogen-bond acceptors (Lipinski definition) is 2. The Labute approximate surface area is 98.3 Å². The van der Waals surface area contributed by atoms with Gasteiger partial charge in [0.05, 0.1) is 0 Å². The first-order chi connectivity index (χ1) is 7.32. The van der Waals surface area contributed by atoms with Gasteiger partial charge in [-0.05, 0) is 39.0 Å². The molecule has 0 aromatic carbocycles. The minimum Gasteiger partial charge on any atom is -0.312 e. The Bertz CT molecular complexity index is 371. The highest BCUT2D eigenvalue weighted by molar-refractivity contribution is 5.08. The summed E-state index contributed by atoms with van der Waals surface area (Å²) >= 11 is 0. The van der Waals surface area contributed by atoms with E-state index in [0.717, 1.165) is 0 Å². The van der Waals surface area contributed by atoms with E-state index in [1.54, 1.807) is 0 Å². The molecule has 1 aromatic rings. The molecular formula is C13H23N3. The van der Waals surface area contributed by atoms with Gasteiger partial charge in [0.1, 0.15) is 12.2 Å². The Morgan fingerprint density at radius 1 is 1.38 bits per heavy atom. The van der Waals surface area contributed by atoms with Crippen LogP contribution >= 0.6 is 0 Å². The van der Waals surface area contributed by atoms with E-state index < -0.39 is 0 Å². The van der Waals surface area contributed by atoms with Crippen LogP contribution in [0.4, 0.5) is 0 Å². The molecule has 0 aliphatic heterocycles. The molecule has 0 N–H and O–H groups in total. The highest BCUT2D eigenvalue weighted by Crippen LogP contribution is 2.48. The Kier molecular flexibility index (Phi) is 2.59. The van der Waals surface area contributed by atoms with Crippen LogP contribution in [0.1, 0.15) is 65.6 Å². The van der Waals surface area contributed by atoms with Gasteiger partial charge in [0.25, 0.3) is 0 Å². The largest absolute Gasteiger partial charge is 0.312 e. The molecule has 0 spiro atoms. The van der Waals surface area contributed by atoms with Crippen LogP contribution in [-0.4, -0.2) is 14.8 Å². The first-order valence-corrected chi connectivity index (χ1v) is 6.23. The molecule has 1 heterocycles. The highest BCUT2D eigenvalue weighted by Gasteiger charge is 2.39. The summed E-state index contributed by atoms with van der Waals surface area (Å²) in [5.74, 6) is 1.74. The lowest BCUT2D eigenvalue weighted by Gasteiger charge is -2.30. The van der Waals surface area contributed by atoms with Gasteiger partial charge in [-0.1, -0.05) is 20.3 Å². The van der Waals surface area contributed by atoms with Crippen LogP contribution in [0.3, 0.4) is 0 Å². The molecular weight excluding hydrogens is 198 g/mol. The summed E-state index contributed by atoms with van der Waals surface area (Å²) in [6, 6.07) is 0. The third-order valence-corrected chi connectivity index (χ3v) is 3.87. The smallest absolute Gasteiger partial charge is 0.136 e. The molecule has 1 fully saturated rings. The summed E-state index contributed by atoms with van der Waals surface area (Å²) in [6.07, 6.45) is 5.74. The molecule has 1 unspecified atom stereocenters. The van der Waals surface area contributed by atoms with Crippen molar-refractivity contribution in [2.45, 2.75) is 65.3 Å². The quantitative estimate of drug-likeness (QED) is 0.728. The number of rotatable bonds is 1. The Balaban J connectivity index is 2.38. The molecule has 0 radical (unpaired) electrons. The molecule has 1 aliphatic rings. The molecule has 2 rings (SSSR count). The highest BCUT2D eigenvalue weighted by atomic mass is 15.3. The second-order valence-corrected chi connectivity index (χ2v) is 6.66. The molecule has 16 heavy (non-hydrogen) atoms. The van der Waals surface area contributed by atoms with E-state index >= 15 is 0 Å². The van der Waals surface area contributed by atoms with Crippen molar-refractivity contribution in [3.8, 4) is 0 Å². The van der Waals surface area contributed by atoms with Crippen LogP contribution < -0.4 is 0 Å². The van der Waals surface area contributed by atoms with Gasteiger partial charge in [-0.2, -0.15) is 0 Å². The van der Waals surface area contributed by atoms with Crippen LogP contribution in [0.25, 0.3) is 0 Å². The second-order valence-electron chi connectivity index (χ2n) is 6.66. The van der Waals surface area contributed by atoms with Crippen LogP contribution in [0.5, 0.6) is 0 Å². The predicted octanol–water partition coefficient (Wildman–Crippen LogP) is 3.33. The zero-order valence-corrected chi connectivity index (χ0v) is 11.1. The van der Waals surface area contributed by atoms with E-state index in [9.17, 15) is 0 Å². The summed E-state index contributed by atoms with van der Waals surface area (Å²) < 4.78 is 2.24. The van der Waals surface area contributed by atoms with Gasteiger partial charge in [0.15, 0.2) is 0 Å². The van der Waals surface area contributed by atoms with Gasteiger partial charge in [-0.25, -0.2) is 0 Å². The molecule has 1 saturated carbocycles. The first-order valence-electron chi connectivity index (χ1n) is 6.23. The minimum absolute atomic E-state index is 0.0809. The van der Waals surface area contributed by atoms with Crippen molar-refractivity contribution in [3.63, 3.8) is 0 Å². The van der Waals surface area contributed by atoms with E-state index in [2.05, 4.69) is 49.4 Å². The molecule has 1 aliphatic carbocycles. The lowest BCUT2D eigenvalue weighted by Crippen LogP contribution is -2.27. The minimum atomic E-state index is 0.0809. The summed E-state index contributed by atoms with van der Waals surface area (Å²) in [4.78, 5) is 0. The summed E-state index contributed by atoms with van der Waals surface area (Å²) in [5, 5.41) is 8.48. The zero-order valence-electron chi connectivity index (χ0n) is 11.1. The monoisotopic (exact) mass is 221 g/mol. The third kappa shape index (κ3) is 1.87. The fraction of sp³-hybridized carbons (Fsp3) is 0.846. The lowest BCUT2D eigenvalue weighted by atomic mass is 9.81. The van der Waals surface area contributed by atoms with E-state index in [4.69, 9.17) is 0 Å². The maximum atomic E-state index is 4.37. The first kappa shape index (κ1) is 11.6. The lowest BCUT2D eigenvalue weighted by molar-refractivity contribution is 0.291. The van der Waals surface area contributed by atoms with E-state index in [0.29, 0.717) is 11.3 Å². The van der Waals surface area contributed by atoms with Crippen molar-refractivity contribution in [2.75, 3.05) is 0 Å². The van der Waals surface area contributed by atoms with Crippen molar-refractivity contribution in [1.29, 1.82) is 0 Å². The number of aromatic nitrogens is 3. The molecule has 3 heteroatoms. The molecule has 0 saturated heterocycles. The van der Waals surface area contributed by atoms with E-state index in [-0.39, 0.29) is 5.54 Å². The van der Waals surface area contributed by atoms with Gasteiger partial charge in [-0.3, -0.25) is 0 Å². The zero-order chi connectivity index (χ0) is 12.0. The van der Waals surface area contributed by atoms with Crippen molar-refractivity contribution in [1.82, 2.24) is 14.8 Å². The van der Waals surface area contributed by atoms with Crippen molar-refractivity contribution in [3.05, 3.63) is 12.2 Å². The Morgan fingerprint density at radius 3 is 2.56 bits per heavy atom. The third-order valence-electron chi connectivity index (χ3n) is 3.87. The average Bonchev–Trinajstić information content (AvgIpc) is 2.68.